The number of carbonyl (C=O) groups is 1. The summed E-state index contributed by atoms with van der Waals surface area (Å²) in [5, 5.41) is 31.6. The molecule has 0 spiro atoms. The maximum atomic E-state index is 11.5. The minimum Gasteiger partial charge on any atom is -0.394 e. The molecule has 1 amide bonds. The van der Waals surface area contributed by atoms with Crippen molar-refractivity contribution in [3.63, 3.8) is 0 Å². The van der Waals surface area contributed by atoms with Gasteiger partial charge in [0.1, 0.15) is 18.9 Å². The molecule has 2 unspecified atom stereocenters. The predicted molar refractivity (Wildman–Crippen MR) is 90.6 cm³/mol. The zero-order chi connectivity index (χ0) is 18.7. The lowest BCUT2D eigenvalue weighted by Crippen LogP contribution is -2.55. The second-order valence-electron chi connectivity index (χ2n) is 6.40. The number of unbranched alkanes of at least 4 members (excludes halogenated alkanes) is 2. The van der Waals surface area contributed by atoms with Gasteiger partial charge in [-0.3, -0.25) is 4.79 Å². The lowest BCUT2D eigenvalue weighted by molar-refractivity contribution is -0.282. The number of rotatable bonds is 12. The van der Waals surface area contributed by atoms with Gasteiger partial charge in [0.15, 0.2) is 6.29 Å². The fourth-order valence-electron chi connectivity index (χ4n) is 2.61. The van der Waals surface area contributed by atoms with Crippen LogP contribution in [0.15, 0.2) is 0 Å². The van der Waals surface area contributed by atoms with Gasteiger partial charge in [0.05, 0.1) is 12.7 Å². The molecule has 0 aliphatic carbocycles. The largest absolute Gasteiger partial charge is 0.394 e. The van der Waals surface area contributed by atoms with E-state index in [-0.39, 0.29) is 25.2 Å². The van der Waals surface area contributed by atoms with Gasteiger partial charge in [0.2, 0.25) is 5.91 Å². The monoisotopic (exact) mass is 363 g/mol. The Morgan fingerprint density at radius 1 is 1.16 bits per heavy atom. The molecule has 1 rings (SSSR count). The number of ether oxygens (including phenoxy) is 3. The van der Waals surface area contributed by atoms with E-state index in [0.717, 1.165) is 25.7 Å². The molecule has 1 fully saturated rings. The van der Waals surface area contributed by atoms with Gasteiger partial charge in [-0.25, -0.2) is 0 Å². The van der Waals surface area contributed by atoms with Gasteiger partial charge in [0.25, 0.3) is 0 Å². The Hall–Kier alpha value is -0.770. The molecule has 148 valence electrons. The molecule has 0 aromatic heterocycles. The SMILES string of the molecule is CCCOCNC(=O)CCCCCO[C@@H]1OC(CO)[C@H](O)[C@H](O)C1C. The molecular weight excluding hydrogens is 330 g/mol. The minimum absolute atomic E-state index is 0.0239. The molecule has 1 aliphatic rings. The summed E-state index contributed by atoms with van der Waals surface area (Å²) in [6.07, 6.45) is 0.119. The van der Waals surface area contributed by atoms with Crippen LogP contribution in [0.2, 0.25) is 0 Å². The summed E-state index contributed by atoms with van der Waals surface area (Å²) < 4.78 is 16.3. The molecule has 4 N–H and O–H groups in total. The molecule has 1 heterocycles. The Kier molecular flexibility index (Phi) is 11.2. The molecule has 0 bridgehead atoms. The fourth-order valence-corrected chi connectivity index (χ4v) is 2.61. The summed E-state index contributed by atoms with van der Waals surface area (Å²) in [6.45, 7) is 4.70. The minimum atomic E-state index is -1.11. The zero-order valence-corrected chi connectivity index (χ0v) is 15.2. The Labute approximate surface area is 149 Å². The number of amides is 1. The quantitative estimate of drug-likeness (QED) is 0.288. The second kappa shape index (κ2) is 12.6. The van der Waals surface area contributed by atoms with Crippen molar-refractivity contribution in [3.8, 4) is 0 Å². The standard InChI is InChI=1S/C17H33NO7/c1-3-8-23-11-18-14(20)7-5-4-6-9-24-17-12(2)15(21)16(22)13(10-19)25-17/h12-13,15-17,19,21-22H,3-11H2,1-2H3,(H,18,20)/t12?,13?,15-,16+,17-/m1/s1. The van der Waals surface area contributed by atoms with E-state index in [9.17, 15) is 15.0 Å². The molecule has 1 aliphatic heterocycles. The highest BCUT2D eigenvalue weighted by Gasteiger charge is 2.42. The number of aliphatic hydroxyl groups is 3. The first-order valence-corrected chi connectivity index (χ1v) is 9.09. The molecule has 5 atom stereocenters. The molecule has 8 heteroatoms. The summed E-state index contributed by atoms with van der Waals surface area (Å²) in [4.78, 5) is 11.5. The van der Waals surface area contributed by atoms with Crippen molar-refractivity contribution < 1.29 is 34.3 Å². The highest BCUT2D eigenvalue weighted by atomic mass is 16.7. The predicted octanol–water partition coefficient (Wildman–Crippen LogP) is 0.139. The number of aliphatic hydroxyl groups excluding tert-OH is 3. The van der Waals surface area contributed by atoms with Crippen molar-refractivity contribution >= 4 is 5.91 Å². The van der Waals surface area contributed by atoms with E-state index in [2.05, 4.69) is 5.32 Å². The average Bonchev–Trinajstić information content (AvgIpc) is 2.61. The first kappa shape index (κ1) is 22.3. The molecular formula is C17H33NO7. The van der Waals surface area contributed by atoms with E-state index in [4.69, 9.17) is 19.3 Å². The van der Waals surface area contributed by atoms with Gasteiger partial charge in [-0.1, -0.05) is 20.3 Å². The molecule has 25 heavy (non-hydrogen) atoms. The van der Waals surface area contributed by atoms with Crippen LogP contribution in [0.5, 0.6) is 0 Å². The van der Waals surface area contributed by atoms with E-state index >= 15 is 0 Å². The molecule has 0 aromatic rings. The zero-order valence-electron chi connectivity index (χ0n) is 15.2. The third-order valence-electron chi connectivity index (χ3n) is 4.24. The molecule has 0 saturated carbocycles. The van der Waals surface area contributed by atoms with Gasteiger partial charge >= 0.3 is 0 Å². The van der Waals surface area contributed by atoms with E-state index in [1.165, 1.54) is 0 Å². The number of nitrogens with one attached hydrogen (secondary N) is 1. The van der Waals surface area contributed by atoms with Crippen LogP contribution in [-0.4, -0.2) is 72.4 Å². The Balaban J connectivity index is 2.10. The second-order valence-corrected chi connectivity index (χ2v) is 6.40. The van der Waals surface area contributed by atoms with E-state index < -0.39 is 24.6 Å². The summed E-state index contributed by atoms with van der Waals surface area (Å²) in [6, 6.07) is 0. The highest BCUT2D eigenvalue weighted by Crippen LogP contribution is 2.26. The molecule has 1 saturated heterocycles. The lowest BCUT2D eigenvalue weighted by atomic mass is 9.92. The van der Waals surface area contributed by atoms with Crippen LogP contribution in [0.1, 0.15) is 46.0 Å². The van der Waals surface area contributed by atoms with Crippen LogP contribution < -0.4 is 5.32 Å². The van der Waals surface area contributed by atoms with Crippen LogP contribution in [-0.2, 0) is 19.0 Å². The van der Waals surface area contributed by atoms with Crippen molar-refractivity contribution in [2.75, 3.05) is 26.6 Å². The summed E-state index contributed by atoms with van der Waals surface area (Å²) in [5.41, 5.74) is 0. The Morgan fingerprint density at radius 3 is 2.60 bits per heavy atom. The van der Waals surface area contributed by atoms with Gasteiger partial charge in [-0.05, 0) is 19.3 Å². The van der Waals surface area contributed by atoms with E-state index in [0.29, 0.717) is 19.6 Å². The maximum Gasteiger partial charge on any atom is 0.221 e. The van der Waals surface area contributed by atoms with Gasteiger partial charge < -0.3 is 34.8 Å². The topological polar surface area (TPSA) is 117 Å². The number of carbonyl (C=O) groups excluding carboxylic acids is 1. The Morgan fingerprint density at radius 2 is 1.92 bits per heavy atom. The third kappa shape index (κ3) is 7.98. The van der Waals surface area contributed by atoms with Crippen LogP contribution >= 0.6 is 0 Å². The first-order valence-electron chi connectivity index (χ1n) is 9.09. The molecule has 8 nitrogen and oxygen atoms in total. The van der Waals surface area contributed by atoms with Crippen LogP contribution in [0.4, 0.5) is 0 Å². The van der Waals surface area contributed by atoms with Gasteiger partial charge in [-0.2, -0.15) is 0 Å². The van der Waals surface area contributed by atoms with Crippen molar-refractivity contribution in [2.24, 2.45) is 5.92 Å². The summed E-state index contributed by atoms with van der Waals surface area (Å²) in [5.74, 6) is -0.407. The lowest BCUT2D eigenvalue weighted by Gasteiger charge is -2.40. The summed E-state index contributed by atoms with van der Waals surface area (Å²) >= 11 is 0. The summed E-state index contributed by atoms with van der Waals surface area (Å²) in [7, 11) is 0. The van der Waals surface area contributed by atoms with Crippen LogP contribution in [0.25, 0.3) is 0 Å². The molecule has 0 aromatic carbocycles. The van der Waals surface area contributed by atoms with Crippen molar-refractivity contribution in [1.82, 2.24) is 5.32 Å². The van der Waals surface area contributed by atoms with Crippen molar-refractivity contribution in [2.45, 2.75) is 70.6 Å². The first-order chi connectivity index (χ1) is 12.0. The third-order valence-corrected chi connectivity index (χ3v) is 4.24. The number of hydrogen-bond acceptors (Lipinski definition) is 7. The van der Waals surface area contributed by atoms with E-state index in [1.807, 2.05) is 6.92 Å². The van der Waals surface area contributed by atoms with Crippen molar-refractivity contribution in [3.05, 3.63) is 0 Å². The van der Waals surface area contributed by atoms with Crippen LogP contribution in [0.3, 0.4) is 0 Å². The van der Waals surface area contributed by atoms with E-state index in [1.54, 1.807) is 6.92 Å². The normalized spacial score (nSPS) is 29.6. The smallest absolute Gasteiger partial charge is 0.221 e. The van der Waals surface area contributed by atoms with Crippen molar-refractivity contribution in [1.29, 1.82) is 0 Å². The van der Waals surface area contributed by atoms with Gasteiger partial charge in [-0.15, -0.1) is 0 Å². The van der Waals surface area contributed by atoms with Gasteiger partial charge in [0, 0.05) is 25.6 Å². The molecule has 0 radical (unpaired) electrons. The van der Waals surface area contributed by atoms with Crippen LogP contribution in [0, 0.1) is 5.92 Å². The average molecular weight is 363 g/mol. The number of hydrogen-bond donors (Lipinski definition) is 4. The fraction of sp³-hybridized carbons (Fsp3) is 0.941. The maximum absolute atomic E-state index is 11.5. The highest BCUT2D eigenvalue weighted by molar-refractivity contribution is 5.75. The Bertz CT molecular complexity index is 367.